The molecule has 8 nitrogen and oxygen atoms in total. The molecule has 2 heterocycles. The van der Waals surface area contributed by atoms with Gasteiger partial charge in [-0.1, -0.05) is 12.8 Å². The van der Waals surface area contributed by atoms with Gasteiger partial charge in [-0.05, 0) is 103 Å². The highest BCUT2D eigenvalue weighted by Crippen LogP contribution is 2.27. The number of methoxy groups -OCH3 is 1. The van der Waals surface area contributed by atoms with Crippen LogP contribution in [0.25, 0.3) is 10.9 Å². The van der Waals surface area contributed by atoms with Gasteiger partial charge in [-0.3, -0.25) is 9.59 Å². The summed E-state index contributed by atoms with van der Waals surface area (Å²) in [6, 6.07) is 5.78. The molecule has 0 aliphatic carbocycles. The van der Waals surface area contributed by atoms with E-state index in [4.69, 9.17) is 4.74 Å². The minimum Gasteiger partial charge on any atom is -0.497 e. The Morgan fingerprint density at radius 1 is 1.13 bits per heavy atom. The van der Waals surface area contributed by atoms with Gasteiger partial charge in [-0.2, -0.15) is 0 Å². The molecule has 1 atom stereocenters. The number of aromatic nitrogens is 1. The first-order valence-electron chi connectivity index (χ1n) is 14.6. The molecule has 0 spiro atoms. The summed E-state index contributed by atoms with van der Waals surface area (Å²) >= 11 is 0. The lowest BCUT2D eigenvalue weighted by molar-refractivity contribution is -0.129. The summed E-state index contributed by atoms with van der Waals surface area (Å²) in [6.07, 6.45) is 7.04. The van der Waals surface area contributed by atoms with Crippen LogP contribution in [0.1, 0.15) is 83.4 Å². The second-order valence-corrected chi connectivity index (χ2v) is 11.4. The van der Waals surface area contributed by atoms with Gasteiger partial charge in [0.05, 0.1) is 13.5 Å². The van der Waals surface area contributed by atoms with Crippen LogP contribution in [0, 0.1) is 12.8 Å². The Morgan fingerprint density at radius 2 is 1.87 bits per heavy atom. The standard InChI is InChI=1S/C31H48N4O4/c1-21(2)35-17-14-24(15-18-35)13-16-32-31(38)29(10-8-6-7-9-22(3)36)34-30(37)20-26-23(4)33-28-12-11-25(39-5)19-27(26)28/h11-12,19,21,24,29,33H,6-10,13-18,20H2,1-5H3,(H,32,38)(H,34,37). The second-order valence-electron chi connectivity index (χ2n) is 11.4. The summed E-state index contributed by atoms with van der Waals surface area (Å²) in [5, 5.41) is 7.07. The number of likely N-dealkylation sites (tertiary alicyclic amines) is 1. The molecule has 1 fully saturated rings. The number of benzene rings is 1. The number of carbonyl (C=O) groups is 3. The number of nitrogens with one attached hydrogen (secondary N) is 3. The van der Waals surface area contributed by atoms with Crippen molar-refractivity contribution in [3.05, 3.63) is 29.5 Å². The number of aryl methyl sites for hydroxylation is 1. The number of hydrogen-bond acceptors (Lipinski definition) is 5. The van der Waals surface area contributed by atoms with Gasteiger partial charge in [0.25, 0.3) is 0 Å². The number of rotatable bonds is 15. The van der Waals surface area contributed by atoms with E-state index in [1.165, 1.54) is 12.8 Å². The Balaban J connectivity index is 1.57. The minimum absolute atomic E-state index is 0.119. The molecule has 2 aromatic rings. The van der Waals surface area contributed by atoms with Crippen LogP contribution in [0.5, 0.6) is 5.75 Å². The van der Waals surface area contributed by atoms with Crippen molar-refractivity contribution in [1.82, 2.24) is 20.5 Å². The van der Waals surface area contributed by atoms with E-state index in [2.05, 4.69) is 34.4 Å². The Labute approximate surface area is 233 Å². The number of ether oxygens (including phenoxy) is 1. The highest BCUT2D eigenvalue weighted by atomic mass is 16.5. The summed E-state index contributed by atoms with van der Waals surface area (Å²) in [6.45, 7) is 10.9. The van der Waals surface area contributed by atoms with Crippen LogP contribution < -0.4 is 15.4 Å². The maximum atomic E-state index is 13.2. The van der Waals surface area contributed by atoms with Crippen LogP contribution in [0.2, 0.25) is 0 Å². The summed E-state index contributed by atoms with van der Waals surface area (Å²) in [4.78, 5) is 43.5. The van der Waals surface area contributed by atoms with Crippen LogP contribution in [0.3, 0.4) is 0 Å². The number of Topliss-reactive ketones (excluding diaryl/α,β-unsaturated/α-hetero) is 1. The largest absolute Gasteiger partial charge is 0.497 e. The summed E-state index contributed by atoms with van der Waals surface area (Å²) < 4.78 is 5.37. The van der Waals surface area contributed by atoms with E-state index in [1.54, 1.807) is 14.0 Å². The van der Waals surface area contributed by atoms with E-state index in [9.17, 15) is 14.4 Å². The van der Waals surface area contributed by atoms with Crippen LogP contribution in [-0.4, -0.2) is 66.3 Å². The van der Waals surface area contributed by atoms with E-state index in [1.807, 2.05) is 25.1 Å². The molecular weight excluding hydrogens is 492 g/mol. The van der Waals surface area contributed by atoms with E-state index in [-0.39, 0.29) is 24.0 Å². The monoisotopic (exact) mass is 540 g/mol. The number of unbranched alkanes of at least 4 members (excludes halogenated alkanes) is 2. The van der Waals surface area contributed by atoms with Gasteiger partial charge in [-0.15, -0.1) is 0 Å². The van der Waals surface area contributed by atoms with Crippen molar-refractivity contribution in [2.45, 2.75) is 97.6 Å². The average molecular weight is 541 g/mol. The SMILES string of the molecule is COc1ccc2[nH]c(C)c(CC(=O)NC(CCCCCC(C)=O)C(=O)NCCC3CCN(C(C)C)CC3)c2c1. The molecule has 3 rings (SSSR count). The van der Waals surface area contributed by atoms with Crippen LogP contribution in [0.4, 0.5) is 0 Å². The Hall–Kier alpha value is -2.87. The number of carbonyl (C=O) groups excluding carboxylic acids is 3. The minimum atomic E-state index is -0.585. The van der Waals surface area contributed by atoms with Crippen molar-refractivity contribution >= 4 is 28.5 Å². The Bertz CT molecular complexity index is 1100. The van der Waals surface area contributed by atoms with Gasteiger partial charge in [-0.25, -0.2) is 0 Å². The first-order chi connectivity index (χ1) is 18.7. The number of piperidine rings is 1. The van der Waals surface area contributed by atoms with Crippen molar-refractivity contribution in [1.29, 1.82) is 0 Å². The number of amides is 2. The van der Waals surface area contributed by atoms with E-state index < -0.39 is 6.04 Å². The molecule has 0 bridgehead atoms. The second kappa shape index (κ2) is 15.1. The van der Waals surface area contributed by atoms with E-state index in [0.29, 0.717) is 31.3 Å². The summed E-state index contributed by atoms with van der Waals surface area (Å²) in [5.41, 5.74) is 2.80. The highest BCUT2D eigenvalue weighted by molar-refractivity contribution is 5.93. The summed E-state index contributed by atoms with van der Waals surface area (Å²) in [5.74, 6) is 1.25. The fourth-order valence-electron chi connectivity index (χ4n) is 5.57. The Kier molecular flexibility index (Phi) is 11.8. The predicted octanol–water partition coefficient (Wildman–Crippen LogP) is 4.68. The van der Waals surface area contributed by atoms with E-state index in [0.717, 1.165) is 66.7 Å². The molecule has 1 aromatic carbocycles. The topological polar surface area (TPSA) is 104 Å². The smallest absolute Gasteiger partial charge is 0.242 e. The lowest BCUT2D eigenvalue weighted by Gasteiger charge is -2.34. The van der Waals surface area contributed by atoms with E-state index >= 15 is 0 Å². The van der Waals surface area contributed by atoms with Gasteiger partial charge in [0, 0.05) is 35.6 Å². The van der Waals surface area contributed by atoms with Gasteiger partial charge >= 0.3 is 0 Å². The fraction of sp³-hybridized carbons (Fsp3) is 0.645. The molecular formula is C31H48N4O4. The number of fused-ring (bicyclic) bond motifs is 1. The third kappa shape index (κ3) is 9.38. The maximum absolute atomic E-state index is 13.2. The van der Waals surface area contributed by atoms with Gasteiger partial charge in [0.15, 0.2) is 0 Å². The molecule has 0 radical (unpaired) electrons. The number of hydrogen-bond donors (Lipinski definition) is 3. The lowest BCUT2D eigenvalue weighted by Crippen LogP contribution is -2.47. The van der Waals surface area contributed by atoms with Crippen molar-refractivity contribution in [3.63, 3.8) is 0 Å². The first kappa shape index (κ1) is 30.7. The quantitative estimate of drug-likeness (QED) is 0.285. The van der Waals surface area contributed by atoms with Crippen molar-refractivity contribution in [2.24, 2.45) is 5.92 Å². The van der Waals surface area contributed by atoms with Crippen molar-refractivity contribution < 1.29 is 19.1 Å². The number of aromatic amines is 1. The van der Waals surface area contributed by atoms with Crippen LogP contribution in [0.15, 0.2) is 18.2 Å². The third-order valence-electron chi connectivity index (χ3n) is 8.07. The number of nitrogens with zero attached hydrogens (tertiary/aromatic N) is 1. The molecule has 8 heteroatoms. The molecule has 1 unspecified atom stereocenters. The lowest BCUT2D eigenvalue weighted by atomic mass is 9.93. The maximum Gasteiger partial charge on any atom is 0.242 e. The zero-order valence-electron chi connectivity index (χ0n) is 24.5. The molecule has 1 saturated heterocycles. The summed E-state index contributed by atoms with van der Waals surface area (Å²) in [7, 11) is 1.63. The molecule has 0 saturated carbocycles. The zero-order chi connectivity index (χ0) is 28.4. The number of ketones is 1. The average Bonchev–Trinajstić information content (AvgIpc) is 3.21. The van der Waals surface area contributed by atoms with Gasteiger partial charge in [0.1, 0.15) is 17.6 Å². The van der Waals surface area contributed by atoms with Crippen LogP contribution >= 0.6 is 0 Å². The zero-order valence-corrected chi connectivity index (χ0v) is 24.5. The van der Waals surface area contributed by atoms with Crippen molar-refractivity contribution in [3.8, 4) is 5.75 Å². The predicted molar refractivity (Wildman–Crippen MR) is 156 cm³/mol. The third-order valence-corrected chi connectivity index (χ3v) is 8.07. The van der Waals surface area contributed by atoms with Crippen molar-refractivity contribution in [2.75, 3.05) is 26.7 Å². The molecule has 2 amide bonds. The Morgan fingerprint density at radius 3 is 2.54 bits per heavy atom. The van der Waals surface area contributed by atoms with Crippen LogP contribution in [-0.2, 0) is 20.8 Å². The van der Waals surface area contributed by atoms with Gasteiger partial charge < -0.3 is 30.0 Å². The fourth-order valence-corrected chi connectivity index (χ4v) is 5.57. The molecule has 3 N–H and O–H groups in total. The molecule has 39 heavy (non-hydrogen) atoms. The highest BCUT2D eigenvalue weighted by Gasteiger charge is 2.24. The normalized spacial score (nSPS) is 15.4. The number of H-pyrrole nitrogens is 1. The molecule has 1 aliphatic heterocycles. The molecule has 1 aromatic heterocycles. The van der Waals surface area contributed by atoms with Gasteiger partial charge in [0.2, 0.25) is 11.8 Å². The molecule has 1 aliphatic rings. The molecule has 216 valence electrons. The first-order valence-corrected chi connectivity index (χ1v) is 14.6.